The quantitative estimate of drug-likeness (QED) is 0.470. The molecule has 0 fully saturated rings. The first kappa shape index (κ1) is 13.0. The summed E-state index contributed by atoms with van der Waals surface area (Å²) in [4.78, 5) is 0. The number of nitrogens with two attached hydrogens (primary N) is 1. The maximum Gasteiger partial charge on any atom is 0.163 e. The molecule has 0 radical (unpaired) electrons. The van der Waals surface area contributed by atoms with Gasteiger partial charge in [-0.25, -0.2) is 0 Å². The van der Waals surface area contributed by atoms with Gasteiger partial charge in [-0.05, 0) is 0 Å². The van der Waals surface area contributed by atoms with Crippen molar-refractivity contribution in [2.75, 3.05) is 42.3 Å². The molecule has 1 aliphatic rings. The summed E-state index contributed by atoms with van der Waals surface area (Å²) in [5.41, 5.74) is 7.55. The lowest BCUT2D eigenvalue weighted by Gasteiger charge is -2.20. The number of hydrogen-bond acceptors (Lipinski definition) is 5. The first-order valence-electron chi connectivity index (χ1n) is 5.93. The molecule has 0 aromatic heterocycles. The Morgan fingerprint density at radius 1 is 1.33 bits per heavy atom. The van der Waals surface area contributed by atoms with E-state index in [1.807, 2.05) is 30.0 Å². The van der Waals surface area contributed by atoms with E-state index in [1.54, 1.807) is 0 Å². The molecule has 3 N–H and O–H groups in total. The zero-order chi connectivity index (χ0) is 12.8. The maximum absolute atomic E-state index is 5.96. The highest BCUT2D eigenvalue weighted by atomic mass is 32.2. The topological polar surface area (TPSA) is 56.5 Å². The van der Waals surface area contributed by atoms with E-state index >= 15 is 0 Å². The minimum atomic E-state index is 0.581. The number of benzene rings is 1. The van der Waals surface area contributed by atoms with Crippen LogP contribution in [-0.4, -0.2) is 31.3 Å². The summed E-state index contributed by atoms with van der Waals surface area (Å²) >= 11 is 1.83. The van der Waals surface area contributed by atoms with Crippen LogP contribution in [0.5, 0.6) is 11.5 Å². The fourth-order valence-electron chi connectivity index (χ4n) is 1.68. The number of anilines is 2. The predicted molar refractivity (Wildman–Crippen MR) is 77.9 cm³/mol. The van der Waals surface area contributed by atoms with E-state index in [-0.39, 0.29) is 0 Å². The van der Waals surface area contributed by atoms with Crippen molar-refractivity contribution in [1.82, 2.24) is 0 Å². The Morgan fingerprint density at radius 3 is 2.78 bits per heavy atom. The van der Waals surface area contributed by atoms with Gasteiger partial charge in [0.25, 0.3) is 0 Å². The Morgan fingerprint density at radius 2 is 2.06 bits per heavy atom. The third-order valence-electron chi connectivity index (χ3n) is 2.51. The van der Waals surface area contributed by atoms with E-state index in [2.05, 4.69) is 11.9 Å². The number of nitrogen functional groups attached to an aromatic ring is 1. The van der Waals surface area contributed by atoms with Gasteiger partial charge in [-0.1, -0.05) is 6.08 Å². The molecule has 1 aromatic rings. The van der Waals surface area contributed by atoms with Crippen molar-refractivity contribution in [3.05, 3.63) is 24.8 Å². The van der Waals surface area contributed by atoms with Gasteiger partial charge in [0.15, 0.2) is 11.5 Å². The van der Waals surface area contributed by atoms with Crippen molar-refractivity contribution >= 4 is 23.1 Å². The summed E-state index contributed by atoms with van der Waals surface area (Å²) in [7, 11) is 0. The van der Waals surface area contributed by atoms with Crippen LogP contribution in [0.2, 0.25) is 0 Å². The monoisotopic (exact) mass is 266 g/mol. The van der Waals surface area contributed by atoms with Crippen molar-refractivity contribution in [3.8, 4) is 11.5 Å². The van der Waals surface area contributed by atoms with Gasteiger partial charge < -0.3 is 20.5 Å². The van der Waals surface area contributed by atoms with Crippen LogP contribution in [0.4, 0.5) is 11.4 Å². The van der Waals surface area contributed by atoms with Crippen molar-refractivity contribution < 1.29 is 9.47 Å². The molecule has 0 saturated heterocycles. The van der Waals surface area contributed by atoms with E-state index in [0.717, 1.165) is 35.2 Å². The summed E-state index contributed by atoms with van der Waals surface area (Å²) in [6, 6.07) is 3.72. The Balaban J connectivity index is 1.93. The highest BCUT2D eigenvalue weighted by molar-refractivity contribution is 7.99. The van der Waals surface area contributed by atoms with E-state index in [4.69, 9.17) is 15.2 Å². The number of nitrogens with one attached hydrogen (secondary N) is 1. The molecule has 0 amide bonds. The van der Waals surface area contributed by atoms with Crippen molar-refractivity contribution in [1.29, 1.82) is 0 Å². The van der Waals surface area contributed by atoms with Gasteiger partial charge in [0.1, 0.15) is 13.2 Å². The fraction of sp³-hybridized carbons (Fsp3) is 0.385. The number of hydrogen-bond donors (Lipinski definition) is 2. The van der Waals surface area contributed by atoms with E-state index < -0.39 is 0 Å². The van der Waals surface area contributed by atoms with Crippen LogP contribution < -0.4 is 20.5 Å². The van der Waals surface area contributed by atoms with Crippen molar-refractivity contribution in [3.63, 3.8) is 0 Å². The van der Waals surface area contributed by atoms with Crippen molar-refractivity contribution in [2.24, 2.45) is 0 Å². The van der Waals surface area contributed by atoms with Crippen LogP contribution in [-0.2, 0) is 0 Å². The van der Waals surface area contributed by atoms with E-state index in [1.165, 1.54) is 0 Å². The molecule has 5 heteroatoms. The lowest BCUT2D eigenvalue weighted by atomic mass is 10.2. The zero-order valence-corrected chi connectivity index (χ0v) is 11.1. The molecule has 1 aromatic carbocycles. The SMILES string of the molecule is C=CCSCCNc1cc2c(cc1N)OCCO2. The fourth-order valence-corrected chi connectivity index (χ4v) is 2.26. The van der Waals surface area contributed by atoms with Gasteiger partial charge in [0.05, 0.1) is 11.4 Å². The zero-order valence-electron chi connectivity index (χ0n) is 10.3. The van der Waals surface area contributed by atoms with Crippen LogP contribution >= 0.6 is 11.8 Å². The number of ether oxygens (including phenoxy) is 2. The van der Waals surface area contributed by atoms with Gasteiger partial charge in [-0.15, -0.1) is 6.58 Å². The first-order chi connectivity index (χ1) is 8.81. The second kappa shape index (κ2) is 6.44. The Labute approximate surface area is 112 Å². The molecule has 98 valence electrons. The molecule has 18 heavy (non-hydrogen) atoms. The highest BCUT2D eigenvalue weighted by Gasteiger charge is 2.14. The normalized spacial score (nSPS) is 13.1. The molecule has 1 aliphatic heterocycles. The summed E-state index contributed by atoms with van der Waals surface area (Å²) in [6.45, 7) is 5.72. The number of fused-ring (bicyclic) bond motifs is 1. The summed E-state index contributed by atoms with van der Waals surface area (Å²) in [5, 5.41) is 3.31. The molecule has 0 bridgehead atoms. The smallest absolute Gasteiger partial charge is 0.163 e. The largest absolute Gasteiger partial charge is 0.486 e. The van der Waals surface area contributed by atoms with Crippen LogP contribution in [0, 0.1) is 0 Å². The number of rotatable bonds is 6. The lowest BCUT2D eigenvalue weighted by Crippen LogP contribution is -2.16. The Hall–Kier alpha value is -1.49. The summed E-state index contributed by atoms with van der Waals surface area (Å²) in [5.74, 6) is 3.47. The lowest BCUT2D eigenvalue weighted by molar-refractivity contribution is 0.172. The van der Waals surface area contributed by atoms with E-state index in [9.17, 15) is 0 Å². The molecule has 1 heterocycles. The van der Waals surface area contributed by atoms with E-state index in [0.29, 0.717) is 18.9 Å². The van der Waals surface area contributed by atoms with Gasteiger partial charge in [-0.2, -0.15) is 11.8 Å². The average molecular weight is 266 g/mol. The second-order valence-corrected chi connectivity index (χ2v) is 5.02. The molecule has 2 rings (SSSR count). The molecule has 4 nitrogen and oxygen atoms in total. The third-order valence-corrected chi connectivity index (χ3v) is 3.48. The van der Waals surface area contributed by atoms with Crippen LogP contribution in [0.25, 0.3) is 0 Å². The summed E-state index contributed by atoms with van der Waals surface area (Å²) < 4.78 is 11.0. The first-order valence-corrected chi connectivity index (χ1v) is 7.08. The third kappa shape index (κ3) is 3.26. The molecule has 0 spiro atoms. The molecular weight excluding hydrogens is 248 g/mol. The number of thioether (sulfide) groups is 1. The Bertz CT molecular complexity index is 424. The molecule has 0 atom stereocenters. The van der Waals surface area contributed by atoms with Gasteiger partial charge in [0.2, 0.25) is 0 Å². The van der Waals surface area contributed by atoms with Crippen molar-refractivity contribution in [2.45, 2.75) is 0 Å². The molecular formula is C13H18N2O2S. The minimum Gasteiger partial charge on any atom is -0.486 e. The standard InChI is InChI=1S/C13H18N2O2S/c1-2-6-18-7-3-15-11-9-13-12(8-10(11)14)16-4-5-17-13/h2,8-9,15H,1,3-7,14H2. The second-order valence-electron chi connectivity index (χ2n) is 3.87. The summed E-state index contributed by atoms with van der Waals surface area (Å²) in [6.07, 6.45) is 1.91. The molecule has 0 aliphatic carbocycles. The highest BCUT2D eigenvalue weighted by Crippen LogP contribution is 2.36. The van der Waals surface area contributed by atoms with Gasteiger partial charge >= 0.3 is 0 Å². The predicted octanol–water partition coefficient (Wildman–Crippen LogP) is 2.37. The van der Waals surface area contributed by atoms with Crippen LogP contribution in [0.15, 0.2) is 24.8 Å². The molecule has 0 saturated carbocycles. The minimum absolute atomic E-state index is 0.581. The Kier molecular flexibility index (Phi) is 4.64. The molecule has 0 unspecified atom stereocenters. The van der Waals surface area contributed by atoms with Gasteiger partial charge in [0, 0.05) is 30.2 Å². The van der Waals surface area contributed by atoms with Gasteiger partial charge in [-0.3, -0.25) is 0 Å². The van der Waals surface area contributed by atoms with Crippen LogP contribution in [0.3, 0.4) is 0 Å². The average Bonchev–Trinajstić information content (AvgIpc) is 2.39. The maximum atomic E-state index is 5.96. The van der Waals surface area contributed by atoms with Crippen LogP contribution in [0.1, 0.15) is 0 Å².